The molecule has 1 nitrogen and oxygen atoms in total. The highest BCUT2D eigenvalue weighted by atomic mass is 14.9. The second-order valence-corrected chi connectivity index (χ2v) is 3.74. The van der Waals surface area contributed by atoms with Gasteiger partial charge in [0.15, 0.2) is 6.17 Å². The minimum absolute atomic E-state index is 0.00949. The van der Waals surface area contributed by atoms with Crippen molar-refractivity contribution < 1.29 is 22.4 Å². The van der Waals surface area contributed by atoms with Crippen LogP contribution in [0, 0.1) is 27.5 Å². The van der Waals surface area contributed by atoms with E-state index in [9.17, 15) is 0 Å². The normalized spacial score (nSPS) is 24.0. The fourth-order valence-electron chi connectivity index (χ4n) is 1.59. The van der Waals surface area contributed by atoms with Crippen LogP contribution in [0.1, 0.15) is 40.1 Å². The molecule has 0 atom stereocenters. The summed E-state index contributed by atoms with van der Waals surface area (Å²) in [6.07, 6.45) is -0.615. The Balaban J connectivity index is 3.06. The maximum absolute atomic E-state index is 8.31. The van der Waals surface area contributed by atoms with Crippen molar-refractivity contribution in [2.24, 2.45) is 7.05 Å². The molecule has 17 heavy (non-hydrogen) atoms. The van der Waals surface area contributed by atoms with Crippen molar-refractivity contribution in [1.82, 2.24) is 0 Å². The molecular formula is C16H20N+. The van der Waals surface area contributed by atoms with Gasteiger partial charge in [0.2, 0.25) is 5.69 Å². The van der Waals surface area contributed by atoms with Crippen LogP contribution in [0.15, 0.2) is 30.4 Å². The molecule has 0 saturated heterocycles. The zero-order valence-corrected chi connectivity index (χ0v) is 9.52. The molecule has 0 amide bonds. The molecule has 2 rings (SSSR count). The van der Waals surface area contributed by atoms with E-state index in [0.29, 0.717) is 0 Å². The van der Waals surface area contributed by atoms with Gasteiger partial charge in [-0.15, -0.1) is 0 Å². The van der Waals surface area contributed by atoms with E-state index in [1.807, 2.05) is 0 Å². The Labute approximate surface area is 122 Å². The number of benzene rings is 1. The van der Waals surface area contributed by atoms with Gasteiger partial charge in [-0.1, -0.05) is 17.6 Å². The number of hydrogen-bond acceptors (Lipinski definition) is 0. The lowest BCUT2D eigenvalue weighted by Gasteiger charge is -2.07. The minimum Gasteiger partial charge on any atom is -0.201 e. The maximum atomic E-state index is 8.31. The number of rotatable bonds is 1. The van der Waals surface area contributed by atoms with E-state index < -0.39 is 61.5 Å². The zero-order valence-electron chi connectivity index (χ0n) is 22.5. The van der Waals surface area contributed by atoms with E-state index in [0.717, 1.165) is 10.6 Å². The van der Waals surface area contributed by atoms with E-state index >= 15 is 0 Å². The first-order chi connectivity index (χ1) is 13.3. The van der Waals surface area contributed by atoms with Crippen LogP contribution in [0.4, 0.5) is 0 Å². The van der Waals surface area contributed by atoms with Crippen molar-refractivity contribution in [3.8, 4) is 11.3 Å². The first-order valence-electron chi connectivity index (χ1n) is 11.5. The topological polar surface area (TPSA) is 3.88 Å². The molecule has 0 unspecified atom stereocenters. The van der Waals surface area contributed by atoms with Crippen LogP contribution in [-0.2, 0) is 7.05 Å². The van der Waals surface area contributed by atoms with Crippen molar-refractivity contribution >= 4 is 0 Å². The van der Waals surface area contributed by atoms with Gasteiger partial charge in [0.25, 0.3) is 0 Å². The summed E-state index contributed by atoms with van der Waals surface area (Å²) < 4.78 is 103. The number of aryl methyl sites for hydroxylation is 1. The molecule has 0 N–H and O–H groups in total. The Kier molecular flexibility index (Phi) is 0.936. The highest BCUT2D eigenvalue weighted by Crippen LogP contribution is 2.22. The summed E-state index contributed by atoms with van der Waals surface area (Å²) in [6, 6.07) is -0.737. The van der Waals surface area contributed by atoms with Gasteiger partial charge in [0.1, 0.15) is 8.42 Å². The Morgan fingerprint density at radius 3 is 2.65 bits per heavy atom. The van der Waals surface area contributed by atoms with Crippen molar-refractivity contribution in [3.63, 3.8) is 0 Å². The summed E-state index contributed by atoms with van der Waals surface area (Å²) in [5.74, 6) is 0. The summed E-state index contributed by atoms with van der Waals surface area (Å²) in [4.78, 5) is 0. The number of hydrogen-bond donors (Lipinski definition) is 0. The van der Waals surface area contributed by atoms with Gasteiger partial charge in [-0.2, -0.15) is 0 Å². The van der Waals surface area contributed by atoms with Crippen molar-refractivity contribution in [2.75, 3.05) is 0 Å². The Morgan fingerprint density at radius 2 is 1.94 bits per heavy atom. The molecule has 0 aliphatic carbocycles. The molecule has 0 bridgehead atoms. The summed E-state index contributed by atoms with van der Waals surface area (Å²) >= 11 is 0. The van der Waals surface area contributed by atoms with E-state index in [4.69, 9.17) is 17.8 Å². The molecule has 0 aliphatic rings. The van der Waals surface area contributed by atoms with Gasteiger partial charge in [0.05, 0.1) is 4.11 Å². The predicted octanol–water partition coefficient (Wildman–Crippen LogP) is 3.41. The predicted molar refractivity (Wildman–Crippen MR) is 72.0 cm³/mol. The monoisotopic (exact) mass is 239 g/mol. The lowest BCUT2D eigenvalue weighted by molar-refractivity contribution is -0.660. The second-order valence-electron chi connectivity index (χ2n) is 3.74. The van der Waals surface area contributed by atoms with E-state index in [-0.39, 0.29) is 16.8 Å². The SMILES string of the molecule is [2H]c1c([2H])c(C([2H])([2H])[2H])c([2H])c(C)c1-c1cc(C([2H])([2H])[2H])c(C([2H])([2H])[2H])c([2H])[n+]1C. The molecule has 0 fully saturated rings. The Hall–Kier alpha value is -1.63. The van der Waals surface area contributed by atoms with Gasteiger partial charge in [-0.3, -0.25) is 0 Å². The molecule has 2 aromatic rings. The van der Waals surface area contributed by atoms with Gasteiger partial charge in [0, 0.05) is 29.5 Å². The van der Waals surface area contributed by atoms with Gasteiger partial charge in [-0.25, -0.2) is 4.57 Å². The van der Waals surface area contributed by atoms with Crippen LogP contribution in [0.5, 0.6) is 0 Å². The third-order valence-electron chi connectivity index (χ3n) is 2.45. The Morgan fingerprint density at radius 1 is 1.12 bits per heavy atom. The minimum atomic E-state index is -2.89. The molecule has 0 aliphatic heterocycles. The number of nitrogens with zero attached hydrogens (tertiary/aromatic N) is 1. The van der Waals surface area contributed by atoms with Crippen LogP contribution in [-0.4, -0.2) is 0 Å². The van der Waals surface area contributed by atoms with Crippen molar-refractivity contribution in [1.29, 1.82) is 0 Å². The zero-order chi connectivity index (χ0) is 23.6. The lowest BCUT2D eigenvalue weighted by Crippen LogP contribution is -2.31. The molecule has 1 aromatic heterocycles. The van der Waals surface area contributed by atoms with Crippen LogP contribution in [0.3, 0.4) is 0 Å². The standard InChI is InChI=1S/C16H20N/c1-11-6-7-15(13(3)8-11)16-9-12(2)14(4)10-17(16)5/h6-10H,1-5H3/q+1/i1D3,2D3,4D3,6D,7D,8D,10D. The number of aromatic nitrogens is 1. The van der Waals surface area contributed by atoms with Gasteiger partial charge >= 0.3 is 0 Å². The van der Waals surface area contributed by atoms with E-state index in [1.54, 1.807) is 0 Å². The first kappa shape index (κ1) is 3.68. The van der Waals surface area contributed by atoms with Crippen LogP contribution in [0.25, 0.3) is 11.3 Å². The third-order valence-corrected chi connectivity index (χ3v) is 2.45. The van der Waals surface area contributed by atoms with Gasteiger partial charge in [-0.05, 0) is 44.6 Å². The second kappa shape index (κ2) is 4.33. The van der Waals surface area contributed by atoms with E-state index in [1.165, 1.54) is 14.0 Å². The Bertz CT molecular complexity index is 983. The smallest absolute Gasteiger partial charge is 0.201 e. The summed E-state index contributed by atoms with van der Waals surface area (Å²) in [5.41, 5.74) is -2.02. The largest absolute Gasteiger partial charge is 0.212 e. The average molecular weight is 239 g/mol. The maximum Gasteiger partial charge on any atom is 0.212 e. The summed E-state index contributed by atoms with van der Waals surface area (Å²) in [5, 5.41) is 0. The molecule has 88 valence electrons. The molecule has 0 saturated carbocycles. The molecule has 1 heterocycles. The fourth-order valence-corrected chi connectivity index (χ4v) is 1.59. The van der Waals surface area contributed by atoms with Crippen LogP contribution < -0.4 is 4.57 Å². The molecule has 1 aromatic carbocycles. The van der Waals surface area contributed by atoms with Crippen LogP contribution >= 0.6 is 0 Å². The summed E-state index contributed by atoms with van der Waals surface area (Å²) in [6.45, 7) is -7.21. The molecule has 0 spiro atoms. The molecule has 1 heteroatoms. The van der Waals surface area contributed by atoms with Gasteiger partial charge < -0.3 is 0 Å². The quantitative estimate of drug-likeness (QED) is 0.671. The number of pyridine rings is 1. The van der Waals surface area contributed by atoms with Crippen LogP contribution in [0.2, 0.25) is 0 Å². The van der Waals surface area contributed by atoms with Crippen molar-refractivity contribution in [3.05, 3.63) is 52.6 Å². The average Bonchev–Trinajstić information content (AvgIpc) is 2.53. The molecular weight excluding hydrogens is 206 g/mol. The fraction of sp³-hybridized carbons (Fsp3) is 0.312. The highest BCUT2D eigenvalue weighted by molar-refractivity contribution is 5.62. The highest BCUT2D eigenvalue weighted by Gasteiger charge is 2.13. The van der Waals surface area contributed by atoms with Crippen molar-refractivity contribution in [2.45, 2.75) is 27.5 Å². The lowest BCUT2D eigenvalue weighted by atomic mass is 10.0. The first-order valence-corrected chi connectivity index (χ1v) is 4.97. The van der Waals surface area contributed by atoms with E-state index in [2.05, 4.69) is 0 Å². The third kappa shape index (κ3) is 2.23. The molecule has 0 radical (unpaired) electrons. The summed E-state index contributed by atoms with van der Waals surface area (Å²) in [7, 11) is 1.31.